The summed E-state index contributed by atoms with van der Waals surface area (Å²) in [6, 6.07) is 0. The first-order valence-electron chi connectivity index (χ1n) is 4.54. The van der Waals surface area contributed by atoms with Crippen LogP contribution in [0.2, 0.25) is 0 Å². The topological polar surface area (TPSA) is 64.6 Å². The largest absolute Gasteiger partial charge is 0.423 e. The molecule has 0 bridgehead atoms. The van der Waals surface area contributed by atoms with Gasteiger partial charge in [-0.25, -0.2) is 4.79 Å². The Morgan fingerprint density at radius 3 is 2.29 bits per heavy atom. The van der Waals surface area contributed by atoms with E-state index in [0.717, 1.165) is 6.42 Å². The van der Waals surface area contributed by atoms with Crippen LogP contribution in [0.3, 0.4) is 0 Å². The van der Waals surface area contributed by atoms with Crippen molar-refractivity contribution in [3.05, 3.63) is 0 Å². The van der Waals surface area contributed by atoms with E-state index < -0.39 is 17.8 Å². The molecule has 1 amide bonds. The third kappa shape index (κ3) is 6.28. The van der Waals surface area contributed by atoms with Gasteiger partial charge in [-0.15, -0.1) is 0 Å². The molecule has 0 aromatic carbocycles. The van der Waals surface area contributed by atoms with Crippen molar-refractivity contribution in [2.75, 3.05) is 6.54 Å². The predicted molar refractivity (Wildman–Crippen MR) is 50.6 cm³/mol. The molecule has 1 N–H and O–H groups in total. The van der Waals surface area contributed by atoms with Crippen molar-refractivity contribution < 1.29 is 19.1 Å². The summed E-state index contributed by atoms with van der Waals surface area (Å²) < 4.78 is 9.62. The van der Waals surface area contributed by atoms with Crippen LogP contribution in [0.25, 0.3) is 0 Å². The standard InChI is InChI=1S/C9H17NO4/c1-5-6-10-8(12)14-9(3,4)13-7(2)11/h5-6H2,1-4H3,(H,10,12). The summed E-state index contributed by atoms with van der Waals surface area (Å²) in [5.41, 5.74) is 0. The van der Waals surface area contributed by atoms with E-state index in [2.05, 4.69) is 5.32 Å². The van der Waals surface area contributed by atoms with E-state index in [9.17, 15) is 9.59 Å². The molecule has 0 saturated carbocycles. The molecule has 0 aliphatic rings. The van der Waals surface area contributed by atoms with E-state index >= 15 is 0 Å². The van der Waals surface area contributed by atoms with E-state index in [0.29, 0.717) is 6.54 Å². The molecule has 82 valence electrons. The van der Waals surface area contributed by atoms with Crippen LogP contribution in [0, 0.1) is 0 Å². The van der Waals surface area contributed by atoms with Crippen LogP contribution in [0.4, 0.5) is 4.79 Å². The monoisotopic (exact) mass is 203 g/mol. The normalized spacial score (nSPS) is 10.6. The second-order valence-electron chi connectivity index (χ2n) is 3.31. The van der Waals surface area contributed by atoms with Crippen molar-refractivity contribution in [1.29, 1.82) is 0 Å². The number of ether oxygens (including phenoxy) is 2. The fraction of sp³-hybridized carbons (Fsp3) is 0.778. The first-order chi connectivity index (χ1) is 6.37. The lowest BCUT2D eigenvalue weighted by molar-refractivity contribution is -0.192. The van der Waals surface area contributed by atoms with Crippen molar-refractivity contribution in [3.63, 3.8) is 0 Å². The molecule has 0 heterocycles. The molecule has 0 unspecified atom stereocenters. The number of esters is 1. The lowest BCUT2D eigenvalue weighted by atomic mass is 10.4. The predicted octanol–water partition coefficient (Wildman–Crippen LogP) is 1.42. The Morgan fingerprint density at radius 1 is 1.29 bits per heavy atom. The second-order valence-corrected chi connectivity index (χ2v) is 3.31. The van der Waals surface area contributed by atoms with Crippen LogP contribution >= 0.6 is 0 Å². The van der Waals surface area contributed by atoms with Gasteiger partial charge in [0.2, 0.25) is 0 Å². The maximum absolute atomic E-state index is 11.1. The van der Waals surface area contributed by atoms with Gasteiger partial charge in [-0.2, -0.15) is 0 Å². The Balaban J connectivity index is 3.95. The van der Waals surface area contributed by atoms with Gasteiger partial charge in [0.1, 0.15) is 0 Å². The minimum Gasteiger partial charge on any atom is -0.423 e. The van der Waals surface area contributed by atoms with Crippen molar-refractivity contribution in [2.45, 2.75) is 39.9 Å². The number of carbonyl (C=O) groups is 2. The summed E-state index contributed by atoms with van der Waals surface area (Å²) in [7, 11) is 0. The van der Waals surface area contributed by atoms with E-state index in [4.69, 9.17) is 9.47 Å². The minimum absolute atomic E-state index is 0.488. The summed E-state index contributed by atoms with van der Waals surface area (Å²) in [5.74, 6) is -1.71. The quantitative estimate of drug-likeness (QED) is 0.554. The van der Waals surface area contributed by atoms with Gasteiger partial charge in [0.25, 0.3) is 5.79 Å². The molecule has 14 heavy (non-hydrogen) atoms. The lowest BCUT2D eigenvalue weighted by Gasteiger charge is -2.24. The molecule has 5 nitrogen and oxygen atoms in total. The third-order valence-electron chi connectivity index (χ3n) is 1.25. The Labute approximate surface area is 83.8 Å². The highest BCUT2D eigenvalue weighted by molar-refractivity contribution is 5.69. The average Bonchev–Trinajstić information content (AvgIpc) is 1.96. The molecular weight excluding hydrogens is 186 g/mol. The van der Waals surface area contributed by atoms with Crippen molar-refractivity contribution >= 4 is 12.1 Å². The fourth-order valence-electron chi connectivity index (χ4n) is 0.853. The Hall–Kier alpha value is -1.26. The number of hydrogen-bond donors (Lipinski definition) is 1. The molecule has 0 radical (unpaired) electrons. The van der Waals surface area contributed by atoms with Gasteiger partial charge in [-0.1, -0.05) is 6.92 Å². The molecular formula is C9H17NO4. The van der Waals surface area contributed by atoms with Crippen molar-refractivity contribution in [3.8, 4) is 0 Å². The molecule has 0 aliphatic carbocycles. The van der Waals surface area contributed by atoms with Gasteiger partial charge in [-0.3, -0.25) is 4.79 Å². The fourth-order valence-corrected chi connectivity index (χ4v) is 0.853. The van der Waals surface area contributed by atoms with Crippen LogP contribution in [0.15, 0.2) is 0 Å². The number of carbonyl (C=O) groups excluding carboxylic acids is 2. The van der Waals surface area contributed by atoms with Gasteiger partial charge in [-0.05, 0) is 6.42 Å². The van der Waals surface area contributed by atoms with Crippen molar-refractivity contribution in [2.24, 2.45) is 0 Å². The van der Waals surface area contributed by atoms with Gasteiger partial charge in [0.15, 0.2) is 0 Å². The summed E-state index contributed by atoms with van der Waals surface area (Å²) in [5, 5.41) is 2.51. The first kappa shape index (κ1) is 12.7. The van der Waals surface area contributed by atoms with Gasteiger partial charge >= 0.3 is 12.1 Å². The van der Waals surface area contributed by atoms with Crippen LogP contribution in [0.1, 0.15) is 34.1 Å². The van der Waals surface area contributed by atoms with E-state index in [-0.39, 0.29) is 0 Å². The van der Waals surface area contributed by atoms with E-state index in [1.807, 2.05) is 6.92 Å². The molecule has 0 aromatic heterocycles. The first-order valence-corrected chi connectivity index (χ1v) is 4.54. The maximum atomic E-state index is 11.1. The molecule has 0 atom stereocenters. The third-order valence-corrected chi connectivity index (χ3v) is 1.25. The average molecular weight is 203 g/mol. The summed E-state index contributed by atoms with van der Waals surface area (Å²) >= 11 is 0. The minimum atomic E-state index is -1.22. The van der Waals surface area contributed by atoms with E-state index in [1.165, 1.54) is 20.8 Å². The summed E-state index contributed by atoms with van der Waals surface area (Å²) in [6.07, 6.45) is 0.237. The molecule has 0 aromatic rings. The maximum Gasteiger partial charge on any atom is 0.410 e. The highest BCUT2D eigenvalue weighted by atomic mass is 16.7. The van der Waals surface area contributed by atoms with Crippen LogP contribution in [-0.2, 0) is 14.3 Å². The molecule has 0 saturated heterocycles. The molecule has 0 spiro atoms. The summed E-state index contributed by atoms with van der Waals surface area (Å²) in [4.78, 5) is 21.7. The highest BCUT2D eigenvalue weighted by Crippen LogP contribution is 2.11. The van der Waals surface area contributed by atoms with Crippen LogP contribution in [-0.4, -0.2) is 24.4 Å². The smallest absolute Gasteiger partial charge is 0.410 e. The molecule has 5 heteroatoms. The molecule has 0 aliphatic heterocycles. The second kappa shape index (κ2) is 5.47. The Morgan fingerprint density at radius 2 is 1.86 bits per heavy atom. The zero-order valence-corrected chi connectivity index (χ0v) is 9.05. The van der Waals surface area contributed by atoms with Crippen molar-refractivity contribution in [1.82, 2.24) is 5.32 Å². The Kier molecular flexibility index (Phi) is 4.97. The molecule has 0 fully saturated rings. The number of rotatable bonds is 4. The van der Waals surface area contributed by atoms with Gasteiger partial charge < -0.3 is 14.8 Å². The van der Waals surface area contributed by atoms with E-state index in [1.54, 1.807) is 0 Å². The lowest BCUT2D eigenvalue weighted by Crippen LogP contribution is -2.38. The zero-order chi connectivity index (χ0) is 11.2. The van der Waals surface area contributed by atoms with Gasteiger partial charge in [0, 0.05) is 27.3 Å². The molecule has 0 rings (SSSR count). The number of alkyl carbamates (subject to hydrolysis) is 1. The van der Waals surface area contributed by atoms with Crippen LogP contribution in [0.5, 0.6) is 0 Å². The summed E-state index contributed by atoms with van der Waals surface area (Å²) in [6.45, 7) is 6.72. The van der Waals surface area contributed by atoms with Crippen LogP contribution < -0.4 is 5.32 Å². The Bertz CT molecular complexity index is 213. The highest BCUT2D eigenvalue weighted by Gasteiger charge is 2.25. The van der Waals surface area contributed by atoms with Gasteiger partial charge in [0.05, 0.1) is 0 Å². The number of hydrogen-bond acceptors (Lipinski definition) is 4. The SMILES string of the molecule is CCCNC(=O)OC(C)(C)OC(C)=O. The zero-order valence-electron chi connectivity index (χ0n) is 9.05. The number of nitrogens with one attached hydrogen (secondary N) is 1. The number of amides is 1.